The predicted molar refractivity (Wildman–Crippen MR) is 55.9 cm³/mol. The summed E-state index contributed by atoms with van der Waals surface area (Å²) in [5, 5.41) is 13.6. The third-order valence-corrected chi connectivity index (χ3v) is 1.84. The first-order valence-electron chi connectivity index (χ1n) is 4.57. The fraction of sp³-hybridized carbons (Fsp3) is 0.444. The Hall–Kier alpha value is -1.69. The Morgan fingerprint density at radius 3 is 3.13 bits per heavy atom. The number of nitrogens with zero attached hydrogens (tertiary/aromatic N) is 2. The van der Waals surface area contributed by atoms with Gasteiger partial charge in [-0.25, -0.2) is 0 Å². The first kappa shape index (κ1) is 11.4. The van der Waals surface area contributed by atoms with Gasteiger partial charge in [0.1, 0.15) is 11.9 Å². The van der Waals surface area contributed by atoms with E-state index in [0.29, 0.717) is 18.8 Å². The van der Waals surface area contributed by atoms with Crippen molar-refractivity contribution in [2.45, 2.75) is 6.42 Å². The number of nitrogens with one attached hydrogen (secondary N) is 1. The molecule has 6 nitrogen and oxygen atoms in total. The minimum atomic E-state index is -0.453. The predicted octanol–water partition coefficient (Wildman–Crippen LogP) is 1.44. The summed E-state index contributed by atoms with van der Waals surface area (Å²) in [7, 11) is 1.62. The molecule has 6 heteroatoms. The van der Waals surface area contributed by atoms with Crippen molar-refractivity contribution in [2.75, 3.05) is 25.6 Å². The molecule has 0 bridgehead atoms. The second kappa shape index (κ2) is 5.92. The lowest BCUT2D eigenvalue weighted by atomic mass is 10.3. The molecule has 0 fully saturated rings. The molecule has 15 heavy (non-hydrogen) atoms. The maximum absolute atomic E-state index is 10.6. The molecule has 1 aromatic heterocycles. The summed E-state index contributed by atoms with van der Waals surface area (Å²) >= 11 is 0. The number of aromatic nitrogens is 1. The van der Waals surface area contributed by atoms with Gasteiger partial charge in [-0.3, -0.25) is 15.1 Å². The summed E-state index contributed by atoms with van der Waals surface area (Å²) < 4.78 is 4.87. The standard InChI is InChI=1S/C9H13N3O3/c1-15-6-2-4-11-8-3-5-10-7-9(8)12(13)14/h3,5,7H,2,4,6H2,1H3,(H,10,11). The molecule has 1 aromatic rings. The van der Waals surface area contributed by atoms with Gasteiger partial charge in [0, 0.05) is 26.5 Å². The van der Waals surface area contributed by atoms with E-state index in [9.17, 15) is 10.1 Å². The molecule has 0 radical (unpaired) electrons. The van der Waals surface area contributed by atoms with E-state index in [-0.39, 0.29) is 5.69 Å². The molecular weight excluding hydrogens is 198 g/mol. The maximum atomic E-state index is 10.6. The van der Waals surface area contributed by atoms with E-state index in [4.69, 9.17) is 4.74 Å². The third-order valence-electron chi connectivity index (χ3n) is 1.84. The summed E-state index contributed by atoms with van der Waals surface area (Å²) in [6, 6.07) is 1.59. The highest BCUT2D eigenvalue weighted by Crippen LogP contribution is 2.21. The Kier molecular flexibility index (Phi) is 4.49. The summed E-state index contributed by atoms with van der Waals surface area (Å²) in [6.45, 7) is 1.27. The van der Waals surface area contributed by atoms with Crippen LogP contribution in [0.25, 0.3) is 0 Å². The van der Waals surface area contributed by atoms with Crippen molar-refractivity contribution in [1.29, 1.82) is 0 Å². The smallest absolute Gasteiger partial charge is 0.310 e. The molecule has 1 N–H and O–H groups in total. The quantitative estimate of drug-likeness (QED) is 0.437. The van der Waals surface area contributed by atoms with Gasteiger partial charge in [0.25, 0.3) is 0 Å². The Bertz CT molecular complexity index is 330. The molecule has 0 saturated heterocycles. The third kappa shape index (κ3) is 3.51. The molecule has 1 rings (SSSR count). The number of nitro groups is 1. The first-order chi connectivity index (χ1) is 7.25. The number of hydrogen-bond acceptors (Lipinski definition) is 5. The van der Waals surface area contributed by atoms with Gasteiger partial charge in [-0.05, 0) is 12.5 Å². The van der Waals surface area contributed by atoms with Gasteiger partial charge in [0.2, 0.25) is 0 Å². The number of ether oxygens (including phenoxy) is 1. The van der Waals surface area contributed by atoms with Crippen molar-refractivity contribution in [3.8, 4) is 0 Å². The fourth-order valence-electron chi connectivity index (χ4n) is 1.12. The zero-order valence-corrected chi connectivity index (χ0v) is 8.47. The van der Waals surface area contributed by atoms with Gasteiger partial charge < -0.3 is 10.1 Å². The zero-order chi connectivity index (χ0) is 11.1. The Morgan fingerprint density at radius 2 is 2.47 bits per heavy atom. The molecule has 0 saturated carbocycles. The van der Waals surface area contributed by atoms with Crippen molar-refractivity contribution in [2.24, 2.45) is 0 Å². The van der Waals surface area contributed by atoms with Gasteiger partial charge >= 0.3 is 5.69 Å². The molecule has 1 heterocycles. The molecule has 0 atom stereocenters. The molecule has 0 aliphatic heterocycles. The van der Waals surface area contributed by atoms with Crippen molar-refractivity contribution < 1.29 is 9.66 Å². The zero-order valence-electron chi connectivity index (χ0n) is 8.47. The second-order valence-corrected chi connectivity index (χ2v) is 2.92. The average Bonchev–Trinajstić information content (AvgIpc) is 2.25. The summed E-state index contributed by atoms with van der Waals surface area (Å²) in [6.07, 6.45) is 3.56. The van der Waals surface area contributed by atoms with Gasteiger partial charge in [-0.2, -0.15) is 0 Å². The highest BCUT2D eigenvalue weighted by atomic mass is 16.6. The van der Waals surface area contributed by atoms with Gasteiger partial charge in [0.15, 0.2) is 0 Å². The molecule has 82 valence electrons. The van der Waals surface area contributed by atoms with Gasteiger partial charge in [-0.1, -0.05) is 0 Å². The minimum absolute atomic E-state index is 0.00471. The van der Waals surface area contributed by atoms with Crippen LogP contribution in [0.4, 0.5) is 11.4 Å². The number of anilines is 1. The average molecular weight is 211 g/mol. The number of pyridine rings is 1. The number of rotatable bonds is 6. The van der Waals surface area contributed by atoms with Crippen LogP contribution in [0.2, 0.25) is 0 Å². The van der Waals surface area contributed by atoms with Crippen LogP contribution in [-0.4, -0.2) is 30.2 Å². The minimum Gasteiger partial charge on any atom is -0.385 e. The van der Waals surface area contributed by atoms with Crippen molar-refractivity contribution in [3.05, 3.63) is 28.6 Å². The summed E-state index contributed by atoms with van der Waals surface area (Å²) in [5.74, 6) is 0. The van der Waals surface area contributed by atoms with Gasteiger partial charge in [0.05, 0.1) is 4.92 Å². The molecule has 0 spiro atoms. The van der Waals surface area contributed by atoms with E-state index in [1.54, 1.807) is 13.2 Å². The molecule has 0 unspecified atom stereocenters. The molecule has 0 aliphatic rings. The van der Waals surface area contributed by atoms with E-state index in [0.717, 1.165) is 6.42 Å². The van der Waals surface area contributed by atoms with E-state index in [1.807, 2.05) is 0 Å². The summed E-state index contributed by atoms with van der Waals surface area (Å²) in [4.78, 5) is 13.9. The maximum Gasteiger partial charge on any atom is 0.310 e. The van der Waals surface area contributed by atoms with Crippen LogP contribution in [0.15, 0.2) is 18.5 Å². The van der Waals surface area contributed by atoms with Crippen LogP contribution in [0.3, 0.4) is 0 Å². The lowest BCUT2D eigenvalue weighted by Gasteiger charge is -2.05. The SMILES string of the molecule is COCCCNc1ccncc1[N+](=O)[O-]. The fourth-order valence-corrected chi connectivity index (χ4v) is 1.12. The monoisotopic (exact) mass is 211 g/mol. The normalized spacial score (nSPS) is 9.93. The highest BCUT2D eigenvalue weighted by molar-refractivity contribution is 5.59. The van der Waals surface area contributed by atoms with Crippen LogP contribution in [0.1, 0.15) is 6.42 Å². The van der Waals surface area contributed by atoms with E-state index >= 15 is 0 Å². The van der Waals surface area contributed by atoms with Crippen LogP contribution in [0.5, 0.6) is 0 Å². The van der Waals surface area contributed by atoms with Crippen LogP contribution >= 0.6 is 0 Å². The van der Waals surface area contributed by atoms with Crippen LogP contribution < -0.4 is 5.32 Å². The van der Waals surface area contributed by atoms with Crippen molar-refractivity contribution in [3.63, 3.8) is 0 Å². The second-order valence-electron chi connectivity index (χ2n) is 2.92. The highest BCUT2D eigenvalue weighted by Gasteiger charge is 2.11. The number of hydrogen-bond donors (Lipinski definition) is 1. The Morgan fingerprint density at radius 1 is 1.67 bits per heavy atom. The number of methoxy groups -OCH3 is 1. The lowest BCUT2D eigenvalue weighted by molar-refractivity contribution is -0.384. The van der Waals surface area contributed by atoms with E-state index in [2.05, 4.69) is 10.3 Å². The Labute approximate surface area is 87.4 Å². The van der Waals surface area contributed by atoms with Gasteiger partial charge in [-0.15, -0.1) is 0 Å². The summed E-state index contributed by atoms with van der Waals surface area (Å²) in [5.41, 5.74) is 0.487. The lowest BCUT2D eigenvalue weighted by Crippen LogP contribution is -2.06. The van der Waals surface area contributed by atoms with Crippen LogP contribution in [-0.2, 0) is 4.74 Å². The molecule has 0 aliphatic carbocycles. The van der Waals surface area contributed by atoms with E-state index in [1.165, 1.54) is 12.4 Å². The molecule has 0 amide bonds. The Balaban J connectivity index is 2.56. The topological polar surface area (TPSA) is 77.3 Å². The largest absolute Gasteiger partial charge is 0.385 e. The van der Waals surface area contributed by atoms with Crippen molar-refractivity contribution >= 4 is 11.4 Å². The van der Waals surface area contributed by atoms with Crippen LogP contribution in [0, 0.1) is 10.1 Å². The first-order valence-corrected chi connectivity index (χ1v) is 4.57. The van der Waals surface area contributed by atoms with E-state index < -0.39 is 4.92 Å². The molecular formula is C9H13N3O3. The van der Waals surface area contributed by atoms with Crippen molar-refractivity contribution in [1.82, 2.24) is 4.98 Å². The molecule has 0 aromatic carbocycles.